The number of aromatic nitrogens is 2. The van der Waals surface area contributed by atoms with Crippen molar-refractivity contribution in [3.8, 4) is 11.5 Å². The van der Waals surface area contributed by atoms with Gasteiger partial charge in [-0.25, -0.2) is 0 Å². The van der Waals surface area contributed by atoms with E-state index in [9.17, 15) is 4.79 Å². The van der Waals surface area contributed by atoms with Crippen LogP contribution in [0.4, 0.5) is 6.01 Å². The monoisotopic (exact) mass is 389 g/mol. The highest BCUT2D eigenvalue weighted by Crippen LogP contribution is 2.24. The number of carbonyl (C=O) groups is 1. The number of hydrogen-bond acceptors (Lipinski definition) is 5. The van der Waals surface area contributed by atoms with Gasteiger partial charge >= 0.3 is 6.01 Å². The summed E-state index contributed by atoms with van der Waals surface area (Å²) in [6, 6.07) is 14.9. The molecule has 3 rings (SSSR count). The number of anilines is 1. The minimum absolute atomic E-state index is 0.0703. The number of carbonyl (C=O) groups excluding carboxylic acids is 1. The Morgan fingerprint density at radius 1 is 1.17 bits per heavy atom. The molecule has 1 heterocycles. The molecular weight excluding hydrogens is 378 g/mol. The zero-order chi connectivity index (χ0) is 16.2. The Balaban J connectivity index is 1.80. The molecule has 7 heteroatoms. The maximum atomic E-state index is 12.3. The standard InChI is InChI=1S/C16H12BrN3O2S/c1-23-13-8-3-2-7-12(13)14(21)18-16-20-19-15(22-16)10-5-4-6-11(17)9-10/h2-9H,1H3,(H,18,20,21). The molecule has 1 aromatic heterocycles. The fourth-order valence-electron chi connectivity index (χ4n) is 2.01. The zero-order valence-electron chi connectivity index (χ0n) is 12.1. The number of rotatable bonds is 4. The average Bonchev–Trinajstić information content (AvgIpc) is 3.03. The van der Waals surface area contributed by atoms with Crippen LogP contribution in [0.25, 0.3) is 11.5 Å². The first-order valence-electron chi connectivity index (χ1n) is 6.71. The molecule has 5 nitrogen and oxygen atoms in total. The van der Waals surface area contributed by atoms with Crippen LogP contribution in [0.1, 0.15) is 10.4 Å². The van der Waals surface area contributed by atoms with E-state index in [0.717, 1.165) is 14.9 Å². The van der Waals surface area contributed by atoms with E-state index < -0.39 is 0 Å². The van der Waals surface area contributed by atoms with Crippen LogP contribution >= 0.6 is 27.7 Å². The molecule has 3 aromatic rings. The highest BCUT2D eigenvalue weighted by Gasteiger charge is 2.15. The van der Waals surface area contributed by atoms with Crippen molar-refractivity contribution in [2.45, 2.75) is 4.90 Å². The number of hydrogen-bond donors (Lipinski definition) is 1. The van der Waals surface area contributed by atoms with Crippen LogP contribution < -0.4 is 5.32 Å². The molecule has 23 heavy (non-hydrogen) atoms. The lowest BCUT2D eigenvalue weighted by Gasteiger charge is -2.05. The zero-order valence-corrected chi connectivity index (χ0v) is 14.5. The van der Waals surface area contributed by atoms with Gasteiger partial charge in [0.15, 0.2) is 0 Å². The summed E-state index contributed by atoms with van der Waals surface area (Å²) in [5, 5.41) is 10.5. The van der Waals surface area contributed by atoms with Crippen LogP contribution in [0.5, 0.6) is 0 Å². The molecule has 0 saturated carbocycles. The van der Waals surface area contributed by atoms with Crippen molar-refractivity contribution in [1.29, 1.82) is 0 Å². The molecule has 0 radical (unpaired) electrons. The van der Waals surface area contributed by atoms with Gasteiger partial charge in [0.25, 0.3) is 5.91 Å². The summed E-state index contributed by atoms with van der Waals surface area (Å²) < 4.78 is 6.42. The predicted octanol–water partition coefficient (Wildman–Crippen LogP) is 4.47. The van der Waals surface area contributed by atoms with Gasteiger partial charge in [-0.05, 0) is 36.6 Å². The number of halogens is 1. The SMILES string of the molecule is CSc1ccccc1C(=O)Nc1nnc(-c2cccc(Br)c2)o1. The number of thioether (sulfide) groups is 1. The lowest BCUT2D eigenvalue weighted by atomic mass is 10.2. The molecule has 0 aliphatic heterocycles. The molecule has 2 aromatic carbocycles. The van der Waals surface area contributed by atoms with E-state index in [-0.39, 0.29) is 11.9 Å². The van der Waals surface area contributed by atoms with Gasteiger partial charge < -0.3 is 4.42 Å². The fraction of sp³-hybridized carbons (Fsp3) is 0.0625. The Morgan fingerprint density at radius 2 is 2.00 bits per heavy atom. The maximum Gasteiger partial charge on any atom is 0.322 e. The molecule has 0 spiro atoms. The van der Waals surface area contributed by atoms with Gasteiger partial charge in [0.05, 0.1) is 5.56 Å². The molecule has 1 amide bonds. The normalized spacial score (nSPS) is 10.5. The molecule has 0 fully saturated rings. The minimum atomic E-state index is -0.278. The molecular formula is C16H12BrN3O2S. The molecule has 0 saturated heterocycles. The first kappa shape index (κ1) is 15.8. The van der Waals surface area contributed by atoms with Gasteiger partial charge in [0.1, 0.15) is 0 Å². The van der Waals surface area contributed by atoms with Crippen molar-refractivity contribution >= 4 is 39.6 Å². The van der Waals surface area contributed by atoms with Gasteiger partial charge in [-0.2, -0.15) is 0 Å². The fourth-order valence-corrected chi connectivity index (χ4v) is 3.00. The van der Waals surface area contributed by atoms with Crippen molar-refractivity contribution < 1.29 is 9.21 Å². The van der Waals surface area contributed by atoms with E-state index in [1.165, 1.54) is 11.8 Å². The highest BCUT2D eigenvalue weighted by atomic mass is 79.9. The number of nitrogens with one attached hydrogen (secondary N) is 1. The number of benzene rings is 2. The van der Waals surface area contributed by atoms with Gasteiger partial charge in [0.2, 0.25) is 5.89 Å². The summed E-state index contributed by atoms with van der Waals surface area (Å²) in [6.45, 7) is 0. The Hall–Kier alpha value is -2.12. The second-order valence-electron chi connectivity index (χ2n) is 4.58. The first-order valence-corrected chi connectivity index (χ1v) is 8.73. The second kappa shape index (κ2) is 6.97. The van der Waals surface area contributed by atoms with Crippen LogP contribution in [0.2, 0.25) is 0 Å². The molecule has 0 unspecified atom stereocenters. The highest BCUT2D eigenvalue weighted by molar-refractivity contribution is 9.10. The third kappa shape index (κ3) is 3.62. The van der Waals surface area contributed by atoms with Gasteiger partial charge in [0, 0.05) is 14.9 Å². The number of nitrogens with zero attached hydrogens (tertiary/aromatic N) is 2. The summed E-state index contributed by atoms with van der Waals surface area (Å²) in [7, 11) is 0. The average molecular weight is 390 g/mol. The maximum absolute atomic E-state index is 12.3. The third-order valence-corrected chi connectivity index (χ3v) is 4.36. The lowest BCUT2D eigenvalue weighted by molar-refractivity contribution is 0.102. The van der Waals surface area contributed by atoms with Crippen molar-refractivity contribution in [3.63, 3.8) is 0 Å². The summed E-state index contributed by atoms with van der Waals surface area (Å²) >= 11 is 4.90. The van der Waals surface area contributed by atoms with Crippen LogP contribution in [0.15, 0.2) is 62.3 Å². The Kier molecular flexibility index (Phi) is 4.78. The minimum Gasteiger partial charge on any atom is -0.403 e. The topological polar surface area (TPSA) is 68.0 Å². The van der Waals surface area contributed by atoms with Gasteiger partial charge in [-0.15, -0.1) is 16.9 Å². The quantitative estimate of drug-likeness (QED) is 0.666. The molecule has 0 aliphatic carbocycles. The van der Waals surface area contributed by atoms with Crippen molar-refractivity contribution in [1.82, 2.24) is 10.2 Å². The van der Waals surface area contributed by atoms with Crippen LogP contribution in [0.3, 0.4) is 0 Å². The van der Waals surface area contributed by atoms with E-state index in [1.807, 2.05) is 48.7 Å². The largest absolute Gasteiger partial charge is 0.403 e. The molecule has 1 N–H and O–H groups in total. The van der Waals surface area contributed by atoms with Crippen molar-refractivity contribution in [2.24, 2.45) is 0 Å². The van der Waals surface area contributed by atoms with E-state index >= 15 is 0 Å². The second-order valence-corrected chi connectivity index (χ2v) is 6.34. The summed E-state index contributed by atoms with van der Waals surface area (Å²) in [6.07, 6.45) is 1.92. The summed E-state index contributed by atoms with van der Waals surface area (Å²) in [5.74, 6) is 0.0687. The van der Waals surface area contributed by atoms with Crippen LogP contribution in [0, 0.1) is 0 Å². The summed E-state index contributed by atoms with van der Waals surface area (Å²) in [4.78, 5) is 13.2. The van der Waals surface area contributed by atoms with Crippen molar-refractivity contribution in [2.75, 3.05) is 11.6 Å². The van der Waals surface area contributed by atoms with E-state index in [0.29, 0.717) is 11.5 Å². The smallest absolute Gasteiger partial charge is 0.322 e. The molecule has 0 bridgehead atoms. The van der Waals surface area contributed by atoms with Crippen LogP contribution in [-0.4, -0.2) is 22.4 Å². The predicted molar refractivity (Wildman–Crippen MR) is 93.6 cm³/mol. The molecule has 116 valence electrons. The molecule has 0 atom stereocenters. The number of amides is 1. The van der Waals surface area contributed by atoms with E-state index in [2.05, 4.69) is 31.4 Å². The van der Waals surface area contributed by atoms with Gasteiger partial charge in [-0.3, -0.25) is 10.1 Å². The van der Waals surface area contributed by atoms with E-state index in [4.69, 9.17) is 4.42 Å². The Morgan fingerprint density at radius 3 is 2.78 bits per heavy atom. The van der Waals surface area contributed by atoms with E-state index in [1.54, 1.807) is 6.07 Å². The van der Waals surface area contributed by atoms with Crippen molar-refractivity contribution in [3.05, 3.63) is 58.6 Å². The third-order valence-electron chi connectivity index (χ3n) is 3.07. The Labute approximate surface area is 145 Å². The Bertz CT molecular complexity index is 851. The van der Waals surface area contributed by atoms with Crippen LogP contribution in [-0.2, 0) is 0 Å². The first-order chi connectivity index (χ1) is 11.2. The van der Waals surface area contributed by atoms with Gasteiger partial charge in [-0.1, -0.05) is 39.2 Å². The lowest BCUT2D eigenvalue weighted by Crippen LogP contribution is -2.13. The molecule has 0 aliphatic rings. The summed E-state index contributed by atoms with van der Waals surface area (Å²) in [5.41, 5.74) is 1.35.